The molecule has 172 valence electrons. The number of piperidine rings is 1. The highest BCUT2D eigenvalue weighted by Gasteiger charge is 2.20. The minimum absolute atomic E-state index is 0.713. The molecule has 5 aromatic rings. The quantitative estimate of drug-likeness (QED) is 0.355. The lowest BCUT2D eigenvalue weighted by atomic mass is 10.1. The lowest BCUT2D eigenvalue weighted by Gasteiger charge is -2.27. The highest BCUT2D eigenvalue weighted by Crippen LogP contribution is 2.31. The van der Waals surface area contributed by atoms with Crippen LogP contribution in [-0.2, 0) is 6.54 Å². The SMILES string of the molecule is CCNCc1cncc(-c2cnc3[nH]nc(-c4nc5c(N6CCCCC6)nccc5[nH]4)c3c2)c1. The fourth-order valence-electron chi connectivity index (χ4n) is 4.62. The summed E-state index contributed by atoms with van der Waals surface area (Å²) in [5.74, 6) is 1.66. The first-order valence-corrected chi connectivity index (χ1v) is 11.9. The number of hydrogen-bond acceptors (Lipinski definition) is 7. The highest BCUT2D eigenvalue weighted by atomic mass is 15.2. The van der Waals surface area contributed by atoms with Crippen molar-refractivity contribution >= 4 is 27.9 Å². The molecule has 34 heavy (non-hydrogen) atoms. The van der Waals surface area contributed by atoms with Crippen LogP contribution < -0.4 is 10.2 Å². The van der Waals surface area contributed by atoms with Gasteiger partial charge >= 0.3 is 0 Å². The standard InChI is InChI=1S/C25H27N9/c1-2-26-12-16-10-17(14-27-13-16)18-11-19-21(32-33-23(19)29-15-18)24-30-20-6-7-28-25(22(20)31-24)34-8-4-3-5-9-34/h6-7,10-11,13-15,26H,2-5,8-9,12H2,1H3,(H,30,31)(H,29,32,33). The molecule has 6 heterocycles. The number of rotatable bonds is 6. The van der Waals surface area contributed by atoms with Gasteiger partial charge in [0.15, 0.2) is 17.3 Å². The molecule has 0 radical (unpaired) electrons. The van der Waals surface area contributed by atoms with Gasteiger partial charge in [0, 0.05) is 55.5 Å². The first-order chi connectivity index (χ1) is 16.8. The Bertz CT molecular complexity index is 1450. The van der Waals surface area contributed by atoms with E-state index in [9.17, 15) is 0 Å². The molecule has 6 rings (SSSR count). The summed E-state index contributed by atoms with van der Waals surface area (Å²) < 4.78 is 0. The Morgan fingerprint density at radius 1 is 1.03 bits per heavy atom. The maximum absolute atomic E-state index is 4.94. The third-order valence-corrected chi connectivity index (χ3v) is 6.39. The van der Waals surface area contributed by atoms with Gasteiger partial charge in [-0.1, -0.05) is 6.92 Å². The second kappa shape index (κ2) is 8.83. The molecule has 0 spiro atoms. The maximum Gasteiger partial charge on any atom is 0.159 e. The van der Waals surface area contributed by atoms with Gasteiger partial charge in [-0.05, 0) is 49.6 Å². The van der Waals surface area contributed by atoms with Crippen LogP contribution in [0.3, 0.4) is 0 Å². The van der Waals surface area contributed by atoms with E-state index in [0.29, 0.717) is 5.82 Å². The summed E-state index contributed by atoms with van der Waals surface area (Å²) in [6.45, 7) is 5.85. The number of H-pyrrole nitrogens is 2. The summed E-state index contributed by atoms with van der Waals surface area (Å²) in [5.41, 5.74) is 6.49. The third kappa shape index (κ3) is 3.77. The number of aromatic amines is 2. The zero-order valence-corrected chi connectivity index (χ0v) is 19.2. The van der Waals surface area contributed by atoms with Gasteiger partial charge in [-0.3, -0.25) is 10.1 Å². The van der Waals surface area contributed by atoms with E-state index >= 15 is 0 Å². The molecular weight excluding hydrogens is 426 g/mol. The minimum atomic E-state index is 0.713. The van der Waals surface area contributed by atoms with Gasteiger partial charge in [0.1, 0.15) is 11.2 Å². The van der Waals surface area contributed by atoms with E-state index in [1.165, 1.54) is 19.3 Å². The van der Waals surface area contributed by atoms with Crippen molar-refractivity contribution in [3.05, 3.63) is 48.5 Å². The van der Waals surface area contributed by atoms with Gasteiger partial charge in [-0.15, -0.1) is 0 Å². The van der Waals surface area contributed by atoms with Gasteiger partial charge in [-0.25, -0.2) is 15.0 Å². The Morgan fingerprint density at radius 2 is 1.91 bits per heavy atom. The molecule has 0 aliphatic carbocycles. The van der Waals surface area contributed by atoms with Crippen molar-refractivity contribution in [2.45, 2.75) is 32.7 Å². The minimum Gasteiger partial charge on any atom is -0.355 e. The van der Waals surface area contributed by atoms with Crippen LogP contribution in [-0.4, -0.2) is 54.8 Å². The summed E-state index contributed by atoms with van der Waals surface area (Å²) in [7, 11) is 0. The van der Waals surface area contributed by atoms with Gasteiger partial charge in [0.25, 0.3) is 0 Å². The molecule has 0 aromatic carbocycles. The normalized spacial score (nSPS) is 14.3. The summed E-state index contributed by atoms with van der Waals surface area (Å²) in [5, 5.41) is 11.9. The average Bonchev–Trinajstić information content (AvgIpc) is 3.51. The average molecular weight is 454 g/mol. The van der Waals surface area contributed by atoms with Crippen molar-refractivity contribution < 1.29 is 0 Å². The number of hydrogen-bond donors (Lipinski definition) is 3. The third-order valence-electron chi connectivity index (χ3n) is 6.39. The second-order valence-electron chi connectivity index (χ2n) is 8.72. The molecule has 0 bridgehead atoms. The molecule has 1 aliphatic rings. The molecule has 5 aromatic heterocycles. The lowest BCUT2D eigenvalue weighted by Crippen LogP contribution is -2.30. The van der Waals surface area contributed by atoms with Crippen LogP contribution in [0.4, 0.5) is 5.82 Å². The Hall–Kier alpha value is -3.85. The maximum atomic E-state index is 4.94. The topological polar surface area (TPSA) is 111 Å². The predicted molar refractivity (Wildman–Crippen MR) is 133 cm³/mol. The lowest BCUT2D eigenvalue weighted by molar-refractivity contribution is 0.574. The van der Waals surface area contributed by atoms with Crippen molar-refractivity contribution in [2.24, 2.45) is 0 Å². The number of nitrogens with one attached hydrogen (secondary N) is 3. The first-order valence-electron chi connectivity index (χ1n) is 11.9. The number of fused-ring (bicyclic) bond motifs is 2. The first kappa shape index (κ1) is 20.7. The fraction of sp³-hybridized carbons (Fsp3) is 0.320. The zero-order chi connectivity index (χ0) is 22.9. The van der Waals surface area contributed by atoms with Crippen molar-refractivity contribution in [3.8, 4) is 22.6 Å². The van der Waals surface area contributed by atoms with E-state index < -0.39 is 0 Å². The Morgan fingerprint density at radius 3 is 2.79 bits per heavy atom. The molecule has 1 aliphatic heterocycles. The van der Waals surface area contributed by atoms with Crippen LogP contribution in [0.2, 0.25) is 0 Å². The molecule has 9 heteroatoms. The number of pyridine rings is 3. The van der Waals surface area contributed by atoms with Crippen LogP contribution in [0, 0.1) is 0 Å². The van der Waals surface area contributed by atoms with Crippen molar-refractivity contribution in [1.29, 1.82) is 0 Å². The molecule has 3 N–H and O–H groups in total. The zero-order valence-electron chi connectivity index (χ0n) is 19.2. The van der Waals surface area contributed by atoms with E-state index in [1.54, 1.807) is 0 Å². The molecule has 1 fully saturated rings. The Balaban J connectivity index is 1.40. The van der Waals surface area contributed by atoms with Crippen molar-refractivity contribution in [3.63, 3.8) is 0 Å². The second-order valence-corrected chi connectivity index (χ2v) is 8.72. The van der Waals surface area contributed by atoms with Crippen LogP contribution in [0.5, 0.6) is 0 Å². The smallest absolute Gasteiger partial charge is 0.159 e. The molecule has 0 unspecified atom stereocenters. The Kier molecular flexibility index (Phi) is 5.38. The van der Waals surface area contributed by atoms with Gasteiger partial charge in [0.2, 0.25) is 0 Å². The number of nitrogens with zero attached hydrogens (tertiary/aromatic N) is 6. The molecule has 0 amide bonds. The molecule has 0 atom stereocenters. The van der Waals surface area contributed by atoms with Crippen LogP contribution in [0.15, 0.2) is 43.0 Å². The van der Waals surface area contributed by atoms with E-state index in [0.717, 1.165) is 76.4 Å². The van der Waals surface area contributed by atoms with Crippen LogP contribution in [0.25, 0.3) is 44.7 Å². The van der Waals surface area contributed by atoms with Crippen LogP contribution >= 0.6 is 0 Å². The largest absolute Gasteiger partial charge is 0.355 e. The highest BCUT2D eigenvalue weighted by molar-refractivity contribution is 5.95. The Labute approximate surface area is 197 Å². The van der Waals surface area contributed by atoms with E-state index in [-0.39, 0.29) is 0 Å². The van der Waals surface area contributed by atoms with Gasteiger partial charge in [-0.2, -0.15) is 5.10 Å². The summed E-state index contributed by atoms with van der Waals surface area (Å²) >= 11 is 0. The summed E-state index contributed by atoms with van der Waals surface area (Å²) in [4.78, 5) is 24.4. The number of imidazole rings is 1. The monoisotopic (exact) mass is 453 g/mol. The van der Waals surface area contributed by atoms with Crippen molar-refractivity contribution in [1.82, 2.24) is 40.4 Å². The van der Waals surface area contributed by atoms with Crippen LogP contribution in [0.1, 0.15) is 31.7 Å². The molecule has 0 saturated carbocycles. The van der Waals surface area contributed by atoms with E-state index in [4.69, 9.17) is 4.98 Å². The summed E-state index contributed by atoms with van der Waals surface area (Å²) in [6.07, 6.45) is 11.1. The molecular formula is C25H27N9. The molecule has 1 saturated heterocycles. The van der Waals surface area contributed by atoms with Gasteiger partial charge < -0.3 is 15.2 Å². The molecule has 9 nitrogen and oxygen atoms in total. The fourth-order valence-corrected chi connectivity index (χ4v) is 4.62. The van der Waals surface area contributed by atoms with Crippen molar-refractivity contribution in [2.75, 3.05) is 24.5 Å². The number of anilines is 1. The van der Waals surface area contributed by atoms with Gasteiger partial charge in [0.05, 0.1) is 10.9 Å². The predicted octanol–water partition coefficient (Wildman–Crippen LogP) is 4.06. The summed E-state index contributed by atoms with van der Waals surface area (Å²) in [6, 6.07) is 6.22. The van der Waals surface area contributed by atoms with E-state index in [1.807, 2.05) is 30.9 Å². The number of aromatic nitrogens is 7. The van der Waals surface area contributed by atoms with E-state index in [2.05, 4.69) is 59.4 Å².